The maximum absolute atomic E-state index is 3.75. The minimum Gasteiger partial charge on any atom is -0.382 e. The molecule has 1 aliphatic carbocycles. The average Bonchev–Trinajstić information content (AvgIpc) is 2.57. The molecule has 1 heteroatoms. The molecule has 1 saturated carbocycles. The molecule has 1 fully saturated rings. The Balaban J connectivity index is 2.21. The molecule has 0 saturated heterocycles. The highest BCUT2D eigenvalue weighted by Crippen LogP contribution is 2.30. The lowest BCUT2D eigenvalue weighted by Crippen LogP contribution is -2.22. The Hall–Kier alpha value is -0.980. The summed E-state index contributed by atoms with van der Waals surface area (Å²) in [4.78, 5) is 0. The third-order valence-electron chi connectivity index (χ3n) is 3.87. The number of hydrogen-bond acceptors (Lipinski definition) is 1. The van der Waals surface area contributed by atoms with Gasteiger partial charge in [-0.3, -0.25) is 0 Å². The molecule has 1 aromatic carbocycles. The highest BCUT2D eigenvalue weighted by atomic mass is 14.9. The van der Waals surface area contributed by atoms with Crippen molar-refractivity contribution < 1.29 is 0 Å². The SMILES string of the molecule is Cc1cc(C)c(NC2CCCC2C)c(C)c1. The molecule has 16 heavy (non-hydrogen) atoms. The first-order valence-electron chi connectivity index (χ1n) is 6.42. The van der Waals surface area contributed by atoms with E-state index in [0.29, 0.717) is 6.04 Å². The van der Waals surface area contributed by atoms with Crippen molar-refractivity contribution in [1.82, 2.24) is 0 Å². The smallest absolute Gasteiger partial charge is 0.0402 e. The summed E-state index contributed by atoms with van der Waals surface area (Å²) in [6, 6.07) is 5.23. The molecule has 0 bridgehead atoms. The van der Waals surface area contributed by atoms with E-state index in [1.807, 2.05) is 0 Å². The lowest BCUT2D eigenvalue weighted by molar-refractivity contribution is 0.556. The number of aryl methyl sites for hydroxylation is 3. The van der Waals surface area contributed by atoms with E-state index >= 15 is 0 Å². The second-order valence-electron chi connectivity index (χ2n) is 5.43. The third kappa shape index (κ3) is 2.23. The molecule has 1 N–H and O–H groups in total. The zero-order valence-corrected chi connectivity index (χ0v) is 10.9. The van der Waals surface area contributed by atoms with Gasteiger partial charge in [0.25, 0.3) is 0 Å². The molecule has 88 valence electrons. The minimum atomic E-state index is 0.681. The van der Waals surface area contributed by atoms with Crippen LogP contribution in [0.2, 0.25) is 0 Å². The van der Waals surface area contributed by atoms with Gasteiger partial charge in [-0.15, -0.1) is 0 Å². The summed E-state index contributed by atoms with van der Waals surface area (Å²) in [5.74, 6) is 0.820. The van der Waals surface area contributed by atoms with Crippen LogP contribution < -0.4 is 5.32 Å². The summed E-state index contributed by atoms with van der Waals surface area (Å²) < 4.78 is 0. The summed E-state index contributed by atoms with van der Waals surface area (Å²) in [5, 5.41) is 3.75. The van der Waals surface area contributed by atoms with Gasteiger partial charge in [-0.1, -0.05) is 31.0 Å². The van der Waals surface area contributed by atoms with Crippen LogP contribution in [0.3, 0.4) is 0 Å². The molecular weight excluding hydrogens is 194 g/mol. The van der Waals surface area contributed by atoms with Crippen molar-refractivity contribution in [3.8, 4) is 0 Å². The second-order valence-corrected chi connectivity index (χ2v) is 5.43. The van der Waals surface area contributed by atoms with Gasteiger partial charge in [0.2, 0.25) is 0 Å². The van der Waals surface area contributed by atoms with Crippen LogP contribution in [0.15, 0.2) is 12.1 Å². The van der Waals surface area contributed by atoms with Crippen LogP contribution in [0.4, 0.5) is 5.69 Å². The van der Waals surface area contributed by atoms with E-state index in [4.69, 9.17) is 0 Å². The third-order valence-corrected chi connectivity index (χ3v) is 3.87. The van der Waals surface area contributed by atoms with Crippen LogP contribution >= 0.6 is 0 Å². The van der Waals surface area contributed by atoms with Crippen molar-refractivity contribution >= 4 is 5.69 Å². The van der Waals surface area contributed by atoms with E-state index in [1.54, 1.807) is 0 Å². The maximum atomic E-state index is 3.75. The first-order valence-corrected chi connectivity index (χ1v) is 6.42. The van der Waals surface area contributed by atoms with Gasteiger partial charge in [0, 0.05) is 11.7 Å². The van der Waals surface area contributed by atoms with Gasteiger partial charge in [0.05, 0.1) is 0 Å². The van der Waals surface area contributed by atoms with E-state index < -0.39 is 0 Å². The van der Waals surface area contributed by atoms with Gasteiger partial charge in [-0.25, -0.2) is 0 Å². The largest absolute Gasteiger partial charge is 0.382 e. The fourth-order valence-electron chi connectivity index (χ4n) is 2.95. The number of benzene rings is 1. The standard InChI is InChI=1S/C15H23N/c1-10-8-12(3)15(13(4)9-10)16-14-7-5-6-11(14)2/h8-9,11,14,16H,5-7H2,1-4H3. The summed E-state index contributed by atoms with van der Waals surface area (Å²) in [6.45, 7) is 8.95. The quantitative estimate of drug-likeness (QED) is 0.782. The van der Waals surface area contributed by atoms with Gasteiger partial charge in [0.15, 0.2) is 0 Å². The molecule has 1 aromatic rings. The van der Waals surface area contributed by atoms with E-state index in [9.17, 15) is 0 Å². The zero-order valence-electron chi connectivity index (χ0n) is 10.9. The first-order chi connectivity index (χ1) is 7.58. The molecular formula is C15H23N. The monoisotopic (exact) mass is 217 g/mol. The van der Waals surface area contributed by atoms with E-state index in [-0.39, 0.29) is 0 Å². The molecule has 1 aliphatic rings. The molecule has 2 rings (SSSR count). The molecule has 0 radical (unpaired) electrons. The molecule has 0 spiro atoms. The highest BCUT2D eigenvalue weighted by molar-refractivity contribution is 5.58. The Labute approximate surface area is 99.3 Å². The predicted molar refractivity (Wildman–Crippen MR) is 71.1 cm³/mol. The van der Waals surface area contributed by atoms with Crippen LogP contribution in [0.25, 0.3) is 0 Å². The summed E-state index contributed by atoms with van der Waals surface area (Å²) in [7, 11) is 0. The summed E-state index contributed by atoms with van der Waals surface area (Å²) in [6.07, 6.45) is 4.08. The normalized spacial score (nSPS) is 24.8. The summed E-state index contributed by atoms with van der Waals surface area (Å²) in [5.41, 5.74) is 5.50. The van der Waals surface area contributed by atoms with Crippen LogP contribution in [-0.4, -0.2) is 6.04 Å². The van der Waals surface area contributed by atoms with Crippen molar-refractivity contribution in [2.24, 2.45) is 5.92 Å². The molecule has 0 heterocycles. The van der Waals surface area contributed by atoms with Crippen LogP contribution in [0.1, 0.15) is 42.9 Å². The fourth-order valence-corrected chi connectivity index (χ4v) is 2.95. The zero-order chi connectivity index (χ0) is 11.7. The van der Waals surface area contributed by atoms with Crippen molar-refractivity contribution in [3.05, 3.63) is 28.8 Å². The van der Waals surface area contributed by atoms with E-state index in [2.05, 4.69) is 45.1 Å². The minimum absolute atomic E-state index is 0.681. The molecule has 1 nitrogen and oxygen atoms in total. The fraction of sp³-hybridized carbons (Fsp3) is 0.600. The van der Waals surface area contributed by atoms with Gasteiger partial charge in [0.1, 0.15) is 0 Å². The lowest BCUT2D eigenvalue weighted by Gasteiger charge is -2.22. The van der Waals surface area contributed by atoms with Gasteiger partial charge in [-0.2, -0.15) is 0 Å². The van der Waals surface area contributed by atoms with Crippen LogP contribution in [0, 0.1) is 26.7 Å². The van der Waals surface area contributed by atoms with Crippen molar-refractivity contribution in [2.45, 2.75) is 53.0 Å². The second kappa shape index (κ2) is 4.48. The van der Waals surface area contributed by atoms with Gasteiger partial charge < -0.3 is 5.32 Å². The average molecular weight is 217 g/mol. The van der Waals surface area contributed by atoms with Crippen molar-refractivity contribution in [1.29, 1.82) is 0 Å². The Morgan fingerprint density at radius 3 is 2.19 bits per heavy atom. The molecule has 0 aliphatic heterocycles. The highest BCUT2D eigenvalue weighted by Gasteiger charge is 2.23. The van der Waals surface area contributed by atoms with Gasteiger partial charge >= 0.3 is 0 Å². The Morgan fingerprint density at radius 2 is 1.69 bits per heavy atom. The Bertz CT molecular complexity index is 358. The predicted octanol–water partition coefficient (Wildman–Crippen LogP) is 4.21. The van der Waals surface area contributed by atoms with E-state index in [0.717, 1.165) is 5.92 Å². The number of rotatable bonds is 2. The molecule has 0 aromatic heterocycles. The van der Waals surface area contributed by atoms with Crippen molar-refractivity contribution in [3.63, 3.8) is 0 Å². The Morgan fingerprint density at radius 1 is 1.06 bits per heavy atom. The van der Waals surface area contributed by atoms with Crippen LogP contribution in [0.5, 0.6) is 0 Å². The number of hydrogen-bond donors (Lipinski definition) is 1. The number of nitrogens with one attached hydrogen (secondary N) is 1. The van der Waals surface area contributed by atoms with Gasteiger partial charge in [-0.05, 0) is 50.7 Å². The van der Waals surface area contributed by atoms with E-state index in [1.165, 1.54) is 41.6 Å². The lowest BCUT2D eigenvalue weighted by atomic mass is 10.0. The van der Waals surface area contributed by atoms with Crippen molar-refractivity contribution in [2.75, 3.05) is 5.32 Å². The summed E-state index contributed by atoms with van der Waals surface area (Å²) >= 11 is 0. The van der Waals surface area contributed by atoms with Crippen LogP contribution in [-0.2, 0) is 0 Å². The first kappa shape index (κ1) is 11.5. The molecule has 2 unspecified atom stereocenters. The molecule has 0 amide bonds. The Kier molecular flexibility index (Phi) is 3.22. The molecule has 2 atom stereocenters. The topological polar surface area (TPSA) is 12.0 Å². The maximum Gasteiger partial charge on any atom is 0.0402 e. The number of anilines is 1.